The number of hydrogen-bond donors (Lipinski definition) is 2. The van der Waals surface area contributed by atoms with Crippen molar-refractivity contribution in [1.82, 2.24) is 10.2 Å². The molecule has 0 heterocycles. The average molecular weight is 295 g/mol. The summed E-state index contributed by atoms with van der Waals surface area (Å²) >= 11 is 0. The van der Waals surface area contributed by atoms with Crippen LogP contribution in [0, 0.1) is 5.82 Å². The minimum absolute atomic E-state index is 0.178. The third-order valence-corrected chi connectivity index (χ3v) is 3.34. The van der Waals surface area contributed by atoms with Crippen LogP contribution in [0.3, 0.4) is 0 Å². The topological polar surface area (TPSA) is 58.4 Å². The summed E-state index contributed by atoms with van der Waals surface area (Å²) in [6.07, 6.45) is 1.48. The molecule has 0 bridgehead atoms. The van der Waals surface area contributed by atoms with Gasteiger partial charge in [0, 0.05) is 18.7 Å². The van der Waals surface area contributed by atoms with E-state index in [1.54, 1.807) is 19.1 Å². The van der Waals surface area contributed by atoms with Crippen molar-refractivity contribution in [3.8, 4) is 0 Å². The summed E-state index contributed by atoms with van der Waals surface area (Å²) in [5.74, 6) is -0.406. The van der Waals surface area contributed by atoms with Gasteiger partial charge in [0.2, 0.25) is 5.91 Å². The van der Waals surface area contributed by atoms with Gasteiger partial charge in [0.25, 0.3) is 0 Å². The molecule has 0 saturated heterocycles. The zero-order chi connectivity index (χ0) is 16.0. The standard InChI is InChI=1S/C16H26FN3O/c1-5-8-16(2,18)15(21)19-10-12-6-7-14(17)13(9-12)11-20(3)4/h6-7,9H,5,8,10-11,18H2,1-4H3,(H,19,21). The second-order valence-corrected chi connectivity index (χ2v) is 6.01. The Morgan fingerprint density at radius 1 is 1.43 bits per heavy atom. The molecule has 0 aromatic heterocycles. The fourth-order valence-corrected chi connectivity index (χ4v) is 2.22. The van der Waals surface area contributed by atoms with Crippen molar-refractivity contribution in [3.63, 3.8) is 0 Å². The smallest absolute Gasteiger partial charge is 0.240 e. The van der Waals surface area contributed by atoms with E-state index < -0.39 is 5.54 Å². The third-order valence-electron chi connectivity index (χ3n) is 3.34. The number of rotatable bonds is 7. The van der Waals surface area contributed by atoms with Gasteiger partial charge in [-0.05, 0) is 45.1 Å². The minimum atomic E-state index is -0.860. The summed E-state index contributed by atoms with van der Waals surface area (Å²) in [7, 11) is 3.77. The highest BCUT2D eigenvalue weighted by Crippen LogP contribution is 2.13. The summed E-state index contributed by atoms with van der Waals surface area (Å²) < 4.78 is 13.7. The largest absolute Gasteiger partial charge is 0.350 e. The Balaban J connectivity index is 2.69. The average Bonchev–Trinajstić information content (AvgIpc) is 2.38. The van der Waals surface area contributed by atoms with Crippen LogP contribution < -0.4 is 11.1 Å². The number of hydrogen-bond acceptors (Lipinski definition) is 3. The van der Waals surface area contributed by atoms with Crippen molar-refractivity contribution in [1.29, 1.82) is 0 Å². The van der Waals surface area contributed by atoms with E-state index in [1.165, 1.54) is 6.07 Å². The highest BCUT2D eigenvalue weighted by molar-refractivity contribution is 5.85. The zero-order valence-electron chi connectivity index (χ0n) is 13.4. The van der Waals surface area contributed by atoms with Crippen LogP contribution in [-0.4, -0.2) is 30.4 Å². The molecular formula is C16H26FN3O. The maximum atomic E-state index is 13.7. The fraction of sp³-hybridized carbons (Fsp3) is 0.562. The first-order valence-corrected chi connectivity index (χ1v) is 7.25. The molecule has 1 aromatic rings. The van der Waals surface area contributed by atoms with E-state index in [4.69, 9.17) is 5.73 Å². The van der Waals surface area contributed by atoms with Crippen molar-refractivity contribution in [2.45, 2.75) is 45.3 Å². The van der Waals surface area contributed by atoms with E-state index in [2.05, 4.69) is 5.32 Å². The van der Waals surface area contributed by atoms with Gasteiger partial charge < -0.3 is 16.0 Å². The van der Waals surface area contributed by atoms with Crippen LogP contribution in [0.2, 0.25) is 0 Å². The molecule has 4 nitrogen and oxygen atoms in total. The molecule has 0 aliphatic rings. The summed E-state index contributed by atoms with van der Waals surface area (Å²) in [5.41, 5.74) is 6.61. The van der Waals surface area contributed by atoms with Crippen molar-refractivity contribution >= 4 is 5.91 Å². The third kappa shape index (κ3) is 5.44. The normalized spacial score (nSPS) is 14.0. The Morgan fingerprint density at radius 2 is 2.10 bits per heavy atom. The van der Waals surface area contributed by atoms with E-state index >= 15 is 0 Å². The van der Waals surface area contributed by atoms with Gasteiger partial charge >= 0.3 is 0 Å². The van der Waals surface area contributed by atoms with Crippen LogP contribution in [0.4, 0.5) is 4.39 Å². The van der Waals surface area contributed by atoms with Gasteiger partial charge in [0.1, 0.15) is 5.82 Å². The van der Waals surface area contributed by atoms with E-state index in [9.17, 15) is 9.18 Å². The summed E-state index contributed by atoms with van der Waals surface area (Å²) in [6.45, 7) is 4.61. The van der Waals surface area contributed by atoms with Crippen LogP contribution >= 0.6 is 0 Å². The first-order chi connectivity index (χ1) is 9.76. The summed E-state index contributed by atoms with van der Waals surface area (Å²) in [4.78, 5) is 13.9. The van der Waals surface area contributed by atoms with Crippen LogP contribution in [0.1, 0.15) is 37.8 Å². The number of amides is 1. The van der Waals surface area contributed by atoms with Crippen molar-refractivity contribution in [3.05, 3.63) is 35.1 Å². The molecule has 1 amide bonds. The highest BCUT2D eigenvalue weighted by atomic mass is 19.1. The molecule has 0 radical (unpaired) electrons. The van der Waals surface area contributed by atoms with Gasteiger partial charge in [-0.2, -0.15) is 0 Å². The molecule has 5 heteroatoms. The predicted octanol–water partition coefficient (Wildman–Crippen LogP) is 2.02. The zero-order valence-corrected chi connectivity index (χ0v) is 13.4. The molecule has 1 rings (SSSR count). The van der Waals surface area contributed by atoms with E-state index in [0.717, 1.165) is 12.0 Å². The van der Waals surface area contributed by atoms with Crippen LogP contribution in [-0.2, 0) is 17.9 Å². The lowest BCUT2D eigenvalue weighted by Gasteiger charge is -2.23. The SMILES string of the molecule is CCCC(C)(N)C(=O)NCc1ccc(F)c(CN(C)C)c1. The van der Waals surface area contributed by atoms with Gasteiger partial charge in [-0.25, -0.2) is 4.39 Å². The van der Waals surface area contributed by atoms with Crippen LogP contribution in [0.25, 0.3) is 0 Å². The summed E-state index contributed by atoms with van der Waals surface area (Å²) in [5, 5.41) is 2.82. The van der Waals surface area contributed by atoms with E-state index in [-0.39, 0.29) is 11.7 Å². The molecule has 0 fully saturated rings. The molecule has 1 unspecified atom stereocenters. The maximum absolute atomic E-state index is 13.7. The van der Waals surface area contributed by atoms with Gasteiger partial charge in [-0.1, -0.05) is 19.4 Å². The van der Waals surface area contributed by atoms with Gasteiger partial charge in [-0.3, -0.25) is 4.79 Å². The highest BCUT2D eigenvalue weighted by Gasteiger charge is 2.26. The monoisotopic (exact) mass is 295 g/mol. The number of halogens is 1. The molecule has 1 atom stereocenters. The quantitative estimate of drug-likeness (QED) is 0.809. The fourth-order valence-electron chi connectivity index (χ4n) is 2.22. The summed E-state index contributed by atoms with van der Waals surface area (Å²) in [6, 6.07) is 4.90. The Hall–Kier alpha value is -1.46. The van der Waals surface area contributed by atoms with Crippen molar-refractivity contribution in [2.24, 2.45) is 5.73 Å². The maximum Gasteiger partial charge on any atom is 0.240 e. The minimum Gasteiger partial charge on any atom is -0.350 e. The number of carbonyl (C=O) groups is 1. The first kappa shape index (κ1) is 17.6. The number of nitrogens with two attached hydrogens (primary N) is 1. The number of carbonyl (C=O) groups excluding carboxylic acids is 1. The molecule has 118 valence electrons. The molecule has 0 aliphatic carbocycles. The first-order valence-electron chi connectivity index (χ1n) is 7.25. The predicted molar refractivity (Wildman–Crippen MR) is 83.1 cm³/mol. The van der Waals surface area contributed by atoms with E-state index in [0.29, 0.717) is 25.1 Å². The number of benzene rings is 1. The number of nitrogens with zero attached hydrogens (tertiary/aromatic N) is 1. The molecule has 0 aliphatic heterocycles. The Kier molecular flexibility index (Phi) is 6.30. The van der Waals surface area contributed by atoms with Gasteiger partial charge in [-0.15, -0.1) is 0 Å². The lowest BCUT2D eigenvalue weighted by atomic mass is 9.96. The Labute approximate surface area is 126 Å². The molecule has 21 heavy (non-hydrogen) atoms. The van der Waals surface area contributed by atoms with E-state index in [1.807, 2.05) is 25.9 Å². The number of nitrogens with one attached hydrogen (secondary N) is 1. The molecule has 0 saturated carbocycles. The lowest BCUT2D eigenvalue weighted by molar-refractivity contribution is -0.126. The van der Waals surface area contributed by atoms with Crippen LogP contribution in [0.5, 0.6) is 0 Å². The Bertz CT molecular complexity index is 486. The second kappa shape index (κ2) is 7.52. The molecule has 1 aromatic carbocycles. The van der Waals surface area contributed by atoms with Gasteiger partial charge in [0.15, 0.2) is 0 Å². The van der Waals surface area contributed by atoms with Crippen LogP contribution in [0.15, 0.2) is 18.2 Å². The molecule has 0 spiro atoms. The molecule has 3 N–H and O–H groups in total. The van der Waals surface area contributed by atoms with Crippen molar-refractivity contribution < 1.29 is 9.18 Å². The molecular weight excluding hydrogens is 269 g/mol. The second-order valence-electron chi connectivity index (χ2n) is 6.01. The lowest BCUT2D eigenvalue weighted by Crippen LogP contribution is -2.51. The van der Waals surface area contributed by atoms with Crippen molar-refractivity contribution in [2.75, 3.05) is 14.1 Å². The Morgan fingerprint density at radius 3 is 2.67 bits per heavy atom. The van der Waals surface area contributed by atoms with Gasteiger partial charge in [0.05, 0.1) is 5.54 Å².